The van der Waals surface area contributed by atoms with Crippen LogP contribution in [0.3, 0.4) is 0 Å². The summed E-state index contributed by atoms with van der Waals surface area (Å²) in [5.41, 5.74) is 3.83. The van der Waals surface area contributed by atoms with E-state index in [2.05, 4.69) is 56.6 Å². The van der Waals surface area contributed by atoms with E-state index in [1.807, 2.05) is 0 Å². The number of hydrogen-bond donors (Lipinski definition) is 1. The van der Waals surface area contributed by atoms with Crippen LogP contribution in [0.2, 0.25) is 0 Å². The Balaban J connectivity index is 3.04. The molecule has 0 bridgehead atoms. The topological polar surface area (TPSA) is 29.9 Å². The van der Waals surface area contributed by atoms with Crippen LogP contribution in [0, 0.1) is 13.8 Å². The van der Waals surface area contributed by atoms with Gasteiger partial charge in [-0.25, -0.2) is 0 Å². The van der Waals surface area contributed by atoms with Gasteiger partial charge in [0.25, 0.3) is 0 Å². The fourth-order valence-corrected chi connectivity index (χ4v) is 1.83. The molecule has 0 aliphatic rings. The Kier molecular flexibility index (Phi) is 3.55. The minimum absolute atomic E-state index is 0.0688. The van der Waals surface area contributed by atoms with Crippen molar-refractivity contribution in [1.82, 2.24) is 15.1 Å². The zero-order chi connectivity index (χ0) is 11.6. The second-order valence-electron chi connectivity index (χ2n) is 5.01. The molecule has 0 aromatic carbocycles. The summed E-state index contributed by atoms with van der Waals surface area (Å²) in [6, 6.07) is 0. The van der Waals surface area contributed by atoms with E-state index in [-0.39, 0.29) is 5.54 Å². The zero-order valence-corrected chi connectivity index (χ0v) is 10.8. The van der Waals surface area contributed by atoms with E-state index in [9.17, 15) is 0 Å². The van der Waals surface area contributed by atoms with Crippen LogP contribution in [0.25, 0.3) is 0 Å². The van der Waals surface area contributed by atoms with E-state index in [1.165, 1.54) is 11.3 Å². The van der Waals surface area contributed by atoms with Gasteiger partial charge in [-0.3, -0.25) is 4.68 Å². The first-order valence-corrected chi connectivity index (χ1v) is 5.64. The number of aryl methyl sites for hydroxylation is 1. The fraction of sp³-hybridized carbons (Fsp3) is 0.750. The summed E-state index contributed by atoms with van der Waals surface area (Å²) in [6.45, 7) is 14.8. The Bertz CT molecular complexity index is 331. The van der Waals surface area contributed by atoms with E-state index < -0.39 is 0 Å². The molecule has 1 rings (SSSR count). The minimum atomic E-state index is 0.0688. The standard InChI is InChI=1S/C12H23N3/c1-7-13-8-11-9(2)14-15(10(11)3)12(4,5)6/h13H,7-8H2,1-6H3. The monoisotopic (exact) mass is 209 g/mol. The number of aromatic nitrogens is 2. The highest BCUT2D eigenvalue weighted by molar-refractivity contribution is 5.25. The molecule has 1 aromatic heterocycles. The highest BCUT2D eigenvalue weighted by atomic mass is 15.3. The second-order valence-corrected chi connectivity index (χ2v) is 5.01. The third kappa shape index (κ3) is 2.59. The quantitative estimate of drug-likeness (QED) is 0.828. The number of nitrogens with zero attached hydrogens (tertiary/aromatic N) is 2. The summed E-state index contributed by atoms with van der Waals surface area (Å²) in [5.74, 6) is 0. The molecule has 0 fully saturated rings. The Morgan fingerprint density at radius 1 is 1.27 bits per heavy atom. The Hall–Kier alpha value is -0.830. The number of rotatable bonds is 3. The average molecular weight is 209 g/mol. The predicted molar refractivity (Wildman–Crippen MR) is 64.1 cm³/mol. The van der Waals surface area contributed by atoms with Crippen molar-refractivity contribution in [3.8, 4) is 0 Å². The van der Waals surface area contributed by atoms with Gasteiger partial charge in [-0.05, 0) is 41.2 Å². The van der Waals surface area contributed by atoms with Crippen LogP contribution in [0.5, 0.6) is 0 Å². The molecule has 1 heterocycles. The third-order valence-electron chi connectivity index (χ3n) is 2.63. The van der Waals surface area contributed by atoms with E-state index in [0.29, 0.717) is 0 Å². The van der Waals surface area contributed by atoms with Crippen molar-refractivity contribution in [3.05, 3.63) is 17.0 Å². The molecule has 0 saturated heterocycles. The minimum Gasteiger partial charge on any atom is -0.313 e. The van der Waals surface area contributed by atoms with Crippen LogP contribution in [0.4, 0.5) is 0 Å². The number of hydrogen-bond acceptors (Lipinski definition) is 2. The van der Waals surface area contributed by atoms with Crippen LogP contribution in [0.1, 0.15) is 44.6 Å². The lowest BCUT2D eigenvalue weighted by atomic mass is 10.1. The van der Waals surface area contributed by atoms with E-state index in [0.717, 1.165) is 18.8 Å². The number of nitrogens with one attached hydrogen (secondary N) is 1. The highest BCUT2D eigenvalue weighted by Crippen LogP contribution is 2.20. The summed E-state index contributed by atoms with van der Waals surface area (Å²) >= 11 is 0. The molecule has 86 valence electrons. The summed E-state index contributed by atoms with van der Waals surface area (Å²) in [4.78, 5) is 0. The van der Waals surface area contributed by atoms with Crippen molar-refractivity contribution in [1.29, 1.82) is 0 Å². The molecule has 3 heteroatoms. The SMILES string of the molecule is CCNCc1c(C)nn(C(C)(C)C)c1C. The molecule has 0 aliphatic carbocycles. The molecular formula is C12H23N3. The molecule has 1 aromatic rings. The van der Waals surface area contributed by atoms with Crippen molar-refractivity contribution >= 4 is 0 Å². The maximum absolute atomic E-state index is 4.61. The Morgan fingerprint density at radius 2 is 1.87 bits per heavy atom. The van der Waals surface area contributed by atoms with Crippen molar-refractivity contribution in [3.63, 3.8) is 0 Å². The summed E-state index contributed by atoms with van der Waals surface area (Å²) in [5, 5.41) is 7.97. The first-order chi connectivity index (χ1) is 6.88. The summed E-state index contributed by atoms with van der Waals surface area (Å²) in [6.07, 6.45) is 0. The first-order valence-electron chi connectivity index (χ1n) is 5.64. The van der Waals surface area contributed by atoms with E-state index in [1.54, 1.807) is 0 Å². The second kappa shape index (κ2) is 4.35. The predicted octanol–water partition coefficient (Wildman–Crippen LogP) is 2.36. The lowest BCUT2D eigenvalue weighted by Gasteiger charge is -2.21. The van der Waals surface area contributed by atoms with Gasteiger partial charge in [-0.1, -0.05) is 6.92 Å². The Labute approximate surface area is 92.9 Å². The van der Waals surface area contributed by atoms with E-state index >= 15 is 0 Å². The van der Waals surface area contributed by atoms with Gasteiger partial charge in [0.05, 0.1) is 11.2 Å². The molecule has 15 heavy (non-hydrogen) atoms. The molecule has 0 radical (unpaired) electrons. The van der Waals surface area contributed by atoms with Gasteiger partial charge >= 0.3 is 0 Å². The molecule has 0 saturated carbocycles. The molecular weight excluding hydrogens is 186 g/mol. The molecule has 0 aliphatic heterocycles. The van der Waals surface area contributed by atoms with Crippen molar-refractivity contribution in [2.24, 2.45) is 0 Å². The fourth-order valence-electron chi connectivity index (χ4n) is 1.83. The Morgan fingerprint density at radius 3 is 2.27 bits per heavy atom. The van der Waals surface area contributed by atoms with Crippen molar-refractivity contribution in [2.45, 2.75) is 53.6 Å². The van der Waals surface area contributed by atoms with Gasteiger partial charge in [0, 0.05) is 17.8 Å². The van der Waals surface area contributed by atoms with E-state index in [4.69, 9.17) is 0 Å². The van der Waals surface area contributed by atoms with Crippen molar-refractivity contribution in [2.75, 3.05) is 6.54 Å². The summed E-state index contributed by atoms with van der Waals surface area (Å²) in [7, 11) is 0. The van der Waals surface area contributed by atoms with Gasteiger partial charge < -0.3 is 5.32 Å². The van der Waals surface area contributed by atoms with Gasteiger partial charge in [0.2, 0.25) is 0 Å². The van der Waals surface area contributed by atoms with Gasteiger partial charge in [-0.2, -0.15) is 5.10 Å². The third-order valence-corrected chi connectivity index (χ3v) is 2.63. The smallest absolute Gasteiger partial charge is 0.0641 e. The molecule has 0 unspecified atom stereocenters. The maximum Gasteiger partial charge on any atom is 0.0641 e. The molecule has 3 nitrogen and oxygen atoms in total. The highest BCUT2D eigenvalue weighted by Gasteiger charge is 2.20. The van der Waals surface area contributed by atoms with Crippen LogP contribution < -0.4 is 5.32 Å². The normalized spacial score (nSPS) is 12.1. The largest absolute Gasteiger partial charge is 0.313 e. The van der Waals surface area contributed by atoms with Gasteiger partial charge in [0.15, 0.2) is 0 Å². The average Bonchev–Trinajstić information content (AvgIpc) is 2.39. The van der Waals surface area contributed by atoms with Gasteiger partial charge in [-0.15, -0.1) is 0 Å². The zero-order valence-electron chi connectivity index (χ0n) is 10.8. The molecule has 0 atom stereocenters. The molecule has 0 spiro atoms. The summed E-state index contributed by atoms with van der Waals surface area (Å²) < 4.78 is 2.12. The van der Waals surface area contributed by atoms with Crippen LogP contribution >= 0.6 is 0 Å². The van der Waals surface area contributed by atoms with Gasteiger partial charge in [0.1, 0.15) is 0 Å². The van der Waals surface area contributed by atoms with Crippen molar-refractivity contribution < 1.29 is 0 Å². The first kappa shape index (κ1) is 12.2. The molecule has 0 amide bonds. The van der Waals surface area contributed by atoms with Crippen LogP contribution in [0.15, 0.2) is 0 Å². The van der Waals surface area contributed by atoms with Crippen LogP contribution in [-0.2, 0) is 12.1 Å². The maximum atomic E-state index is 4.61. The molecule has 1 N–H and O–H groups in total. The van der Waals surface area contributed by atoms with Crippen LogP contribution in [-0.4, -0.2) is 16.3 Å². The lowest BCUT2D eigenvalue weighted by molar-refractivity contribution is 0.346. The lowest BCUT2D eigenvalue weighted by Crippen LogP contribution is -2.24.